The van der Waals surface area contributed by atoms with E-state index in [0.717, 1.165) is 44.9 Å². The fraction of sp³-hybridized carbons (Fsp3) is 0.920. The van der Waals surface area contributed by atoms with Crippen LogP contribution in [0.1, 0.15) is 201 Å². The van der Waals surface area contributed by atoms with Crippen molar-refractivity contribution < 1.29 is 105 Å². The quantitative estimate of drug-likeness (QED) is 0.0360. The number of hydrogen-bond donors (Lipinski definition) is 5. The second-order valence-electron chi connectivity index (χ2n) is 25.2. The van der Waals surface area contributed by atoms with Crippen molar-refractivity contribution in [3.8, 4) is 0 Å². The van der Waals surface area contributed by atoms with Crippen molar-refractivity contribution >= 4 is 35.3 Å². The molecule has 0 saturated heterocycles. The molecule has 102 heavy (non-hydrogen) atoms. The van der Waals surface area contributed by atoms with Gasteiger partial charge in [-0.1, -0.05) is 117 Å². The standard InChI is InChI=1S/C75H145N5O22/c1-6-8-9-10-11-12-13-14-15-16-17-18-21-29-70(82)76-33-25-19-22-30-71(83)77-34-26-20-23-31-73(85)80-74(67(3)7-2)75(86)79-69(68(4)81)28-24-27-35-78-72(84)32-36-88-39-40-90-43-44-92-47-48-94-51-52-96-55-56-98-59-60-100-63-64-102-66-65-101-62-61-99-58-57-97-54-53-95-50-49-93-46-45-91-42-41-89-38-37-87-5/h67,69,74H,6-66H2,1-5H3,(H,76,82)(H,77,83)(H,78,84)(H,79,86)(H,80,85)/t67-,69-,74-/m0/s1. The summed E-state index contributed by atoms with van der Waals surface area (Å²) in [5.74, 6) is -0.955. The van der Waals surface area contributed by atoms with Gasteiger partial charge in [-0.25, -0.2) is 0 Å². The average Bonchev–Trinajstić information content (AvgIpc) is 0.880. The van der Waals surface area contributed by atoms with Gasteiger partial charge in [0.15, 0.2) is 5.78 Å². The van der Waals surface area contributed by atoms with Crippen molar-refractivity contribution in [1.29, 1.82) is 0 Å². The Kier molecular flexibility index (Phi) is 78.6. The van der Waals surface area contributed by atoms with Crippen LogP contribution in [0, 0.1) is 5.92 Å². The number of methoxy groups -OCH3 is 1. The first-order valence-corrected chi connectivity index (χ1v) is 39.1. The molecule has 0 unspecified atom stereocenters. The normalized spacial score (nSPS) is 12.4. The van der Waals surface area contributed by atoms with Crippen LogP contribution in [-0.2, 0) is 105 Å². The SMILES string of the molecule is CCCCCCCCCCCCCCCC(=O)NCCCCCC(=O)NCCCCCC(=O)N[C@H](C(=O)N[C@@H](CCCCNC(=O)CCOCCOCCOCCOCCOCCOCCOCCOCCOCCOCCOCCOCCOCCOCCOCCOC)C(C)=O)[C@@H](C)CC. The predicted molar refractivity (Wildman–Crippen MR) is 393 cm³/mol. The predicted octanol–water partition coefficient (Wildman–Crippen LogP) is 8.00. The zero-order chi connectivity index (χ0) is 74.2. The van der Waals surface area contributed by atoms with Crippen LogP contribution in [0.5, 0.6) is 0 Å². The van der Waals surface area contributed by atoms with E-state index in [1.165, 1.54) is 77.6 Å². The number of nitrogens with one attached hydrogen (secondary N) is 5. The summed E-state index contributed by atoms with van der Waals surface area (Å²) >= 11 is 0. The second kappa shape index (κ2) is 81.5. The van der Waals surface area contributed by atoms with Gasteiger partial charge < -0.3 is 102 Å². The summed E-state index contributed by atoms with van der Waals surface area (Å²) in [6.45, 7) is 23.6. The molecule has 0 fully saturated rings. The van der Waals surface area contributed by atoms with E-state index in [1.807, 2.05) is 13.8 Å². The van der Waals surface area contributed by atoms with Crippen LogP contribution >= 0.6 is 0 Å². The van der Waals surface area contributed by atoms with E-state index in [-0.39, 0.29) is 60.7 Å². The van der Waals surface area contributed by atoms with Crippen LogP contribution in [0.4, 0.5) is 0 Å². The van der Waals surface area contributed by atoms with E-state index < -0.39 is 12.1 Å². The highest BCUT2D eigenvalue weighted by Crippen LogP contribution is 2.14. The molecule has 27 nitrogen and oxygen atoms in total. The Labute approximate surface area is 614 Å². The van der Waals surface area contributed by atoms with Gasteiger partial charge in [-0.05, 0) is 64.2 Å². The summed E-state index contributed by atoms with van der Waals surface area (Å²) in [6, 6.07) is -1.49. The van der Waals surface area contributed by atoms with Gasteiger partial charge in [0.2, 0.25) is 29.5 Å². The van der Waals surface area contributed by atoms with Crippen LogP contribution in [0.15, 0.2) is 0 Å². The molecule has 0 aliphatic heterocycles. The second-order valence-corrected chi connectivity index (χ2v) is 25.2. The molecule has 602 valence electrons. The summed E-state index contributed by atoms with van der Waals surface area (Å²) in [6.07, 6.45) is 25.1. The fourth-order valence-corrected chi connectivity index (χ4v) is 9.97. The number of rotatable bonds is 85. The van der Waals surface area contributed by atoms with E-state index in [2.05, 4.69) is 33.5 Å². The van der Waals surface area contributed by atoms with Gasteiger partial charge in [0.05, 0.1) is 211 Å². The maximum atomic E-state index is 13.5. The maximum absolute atomic E-state index is 13.5. The van der Waals surface area contributed by atoms with Crippen molar-refractivity contribution in [2.75, 3.05) is 232 Å². The van der Waals surface area contributed by atoms with Crippen LogP contribution < -0.4 is 26.6 Å². The molecule has 0 rings (SSSR count). The smallest absolute Gasteiger partial charge is 0.243 e. The number of Topliss-reactive ketones (excluding diaryl/α,β-unsaturated/α-hetero) is 1. The Morgan fingerprint density at radius 2 is 0.539 bits per heavy atom. The fourth-order valence-electron chi connectivity index (χ4n) is 9.97. The van der Waals surface area contributed by atoms with Crippen molar-refractivity contribution in [3.63, 3.8) is 0 Å². The number of ketones is 1. The van der Waals surface area contributed by atoms with Crippen molar-refractivity contribution in [2.24, 2.45) is 5.92 Å². The van der Waals surface area contributed by atoms with E-state index in [1.54, 1.807) is 7.11 Å². The summed E-state index contributed by atoms with van der Waals surface area (Å²) in [7, 11) is 1.64. The topological polar surface area (TPSA) is 310 Å². The lowest BCUT2D eigenvalue weighted by molar-refractivity contribution is -0.132. The van der Waals surface area contributed by atoms with Crippen LogP contribution in [0.2, 0.25) is 0 Å². The number of amides is 5. The van der Waals surface area contributed by atoms with Gasteiger partial charge in [-0.3, -0.25) is 28.8 Å². The first-order valence-electron chi connectivity index (χ1n) is 39.1. The Morgan fingerprint density at radius 3 is 0.833 bits per heavy atom. The molecule has 5 amide bonds. The number of carbonyl (C=O) groups excluding carboxylic acids is 6. The number of ether oxygens (including phenoxy) is 16. The maximum Gasteiger partial charge on any atom is 0.243 e. The first kappa shape index (κ1) is 98.4. The van der Waals surface area contributed by atoms with Gasteiger partial charge >= 0.3 is 0 Å². The molecule has 0 saturated carbocycles. The third-order valence-corrected chi connectivity index (χ3v) is 16.3. The third-order valence-electron chi connectivity index (χ3n) is 16.3. The minimum absolute atomic E-state index is 0.0102. The minimum atomic E-state index is -0.783. The van der Waals surface area contributed by atoms with E-state index in [4.69, 9.17) is 75.8 Å². The molecule has 0 aromatic carbocycles. The summed E-state index contributed by atoms with van der Waals surface area (Å²) in [5.41, 5.74) is 0. The zero-order valence-corrected chi connectivity index (χ0v) is 64.3. The lowest BCUT2D eigenvalue weighted by Crippen LogP contribution is -2.53. The molecule has 27 heteroatoms. The average molecular weight is 1470 g/mol. The van der Waals surface area contributed by atoms with Crippen LogP contribution in [-0.4, -0.2) is 279 Å². The summed E-state index contributed by atoms with van der Waals surface area (Å²) in [4.78, 5) is 76.0. The monoisotopic (exact) mass is 1470 g/mol. The summed E-state index contributed by atoms with van der Waals surface area (Å²) in [5, 5.41) is 14.6. The van der Waals surface area contributed by atoms with Gasteiger partial charge in [-0.15, -0.1) is 0 Å². The molecule has 0 aromatic rings. The van der Waals surface area contributed by atoms with E-state index >= 15 is 0 Å². The molecule has 0 aliphatic rings. The van der Waals surface area contributed by atoms with Crippen LogP contribution in [0.25, 0.3) is 0 Å². The number of hydrogen-bond acceptors (Lipinski definition) is 22. The van der Waals surface area contributed by atoms with Gasteiger partial charge in [0, 0.05) is 52.4 Å². The Hall–Kier alpha value is -3.62. The van der Waals surface area contributed by atoms with Gasteiger partial charge in [0.1, 0.15) is 6.04 Å². The Balaban J connectivity index is 3.67. The molecule has 3 atom stereocenters. The molecule has 0 aromatic heterocycles. The van der Waals surface area contributed by atoms with Crippen molar-refractivity contribution in [2.45, 2.75) is 213 Å². The number of unbranched alkanes of at least 4 members (excludes halogenated alkanes) is 17. The zero-order valence-electron chi connectivity index (χ0n) is 64.3. The highest BCUT2D eigenvalue weighted by Gasteiger charge is 2.29. The lowest BCUT2D eigenvalue weighted by atomic mass is 9.96. The van der Waals surface area contributed by atoms with Crippen molar-refractivity contribution in [3.05, 3.63) is 0 Å². The van der Waals surface area contributed by atoms with Gasteiger partial charge in [-0.2, -0.15) is 0 Å². The molecule has 5 N–H and O–H groups in total. The van der Waals surface area contributed by atoms with Crippen molar-refractivity contribution in [1.82, 2.24) is 26.6 Å². The highest BCUT2D eigenvalue weighted by molar-refractivity contribution is 5.92. The molecule has 0 spiro atoms. The first-order chi connectivity index (χ1) is 50.0. The molecular formula is C75H145N5O22. The van der Waals surface area contributed by atoms with E-state index in [9.17, 15) is 28.8 Å². The Bertz CT molecular complexity index is 1850. The molecular weight excluding hydrogens is 1320 g/mol. The van der Waals surface area contributed by atoms with Crippen LogP contribution in [0.3, 0.4) is 0 Å². The summed E-state index contributed by atoms with van der Waals surface area (Å²) < 4.78 is 87.4. The molecule has 0 radical (unpaired) electrons. The number of carbonyl (C=O) groups is 6. The van der Waals surface area contributed by atoms with E-state index in [0.29, 0.717) is 263 Å². The minimum Gasteiger partial charge on any atom is -0.382 e. The third kappa shape index (κ3) is 74.6. The Morgan fingerprint density at radius 1 is 0.284 bits per heavy atom. The lowest BCUT2D eigenvalue weighted by Gasteiger charge is -2.26. The van der Waals surface area contributed by atoms with Gasteiger partial charge in [0.25, 0.3) is 0 Å². The molecule has 0 aliphatic carbocycles. The highest BCUT2D eigenvalue weighted by atomic mass is 16.6. The molecule has 0 heterocycles. The largest absolute Gasteiger partial charge is 0.382 e. The molecule has 0 bridgehead atoms.